The van der Waals surface area contributed by atoms with Crippen molar-refractivity contribution in [2.45, 2.75) is 6.18 Å². The Morgan fingerprint density at radius 1 is 0.846 bits per heavy atom. The number of amides is 1. The van der Waals surface area contributed by atoms with Crippen LogP contribution in [0.5, 0.6) is 0 Å². The van der Waals surface area contributed by atoms with Gasteiger partial charge in [-0.05, 0) is 48.5 Å². The van der Waals surface area contributed by atoms with Crippen molar-refractivity contribution in [2.75, 3.05) is 10.6 Å². The Morgan fingerprint density at radius 2 is 1.54 bits per heavy atom. The van der Waals surface area contributed by atoms with Gasteiger partial charge in [-0.1, -0.05) is 18.2 Å². The highest BCUT2D eigenvalue weighted by atomic mass is 19.4. The van der Waals surface area contributed by atoms with Crippen molar-refractivity contribution in [2.24, 2.45) is 0 Å². The van der Waals surface area contributed by atoms with Crippen LogP contribution in [0.1, 0.15) is 16.1 Å². The van der Waals surface area contributed by atoms with Crippen LogP contribution in [-0.4, -0.2) is 10.9 Å². The maximum absolute atomic E-state index is 12.6. The normalized spacial score (nSPS) is 11.0. The summed E-state index contributed by atoms with van der Waals surface area (Å²) in [6, 6.07) is 16.9. The molecule has 0 unspecified atom stereocenters. The molecule has 26 heavy (non-hydrogen) atoms. The fourth-order valence-electron chi connectivity index (χ4n) is 2.26. The van der Waals surface area contributed by atoms with Crippen molar-refractivity contribution in [1.29, 1.82) is 0 Å². The van der Waals surface area contributed by atoms with Crippen LogP contribution in [0, 0.1) is 0 Å². The highest BCUT2D eigenvalue weighted by molar-refractivity contribution is 6.03. The van der Waals surface area contributed by atoms with Gasteiger partial charge in [0.1, 0.15) is 5.69 Å². The standard InChI is InChI=1S/C19H14F3N3O/c20-19(21,22)13-6-8-15(9-7-13)25-18(26)17-12-16(10-11-23-17)24-14-4-2-1-3-5-14/h1-12H,(H,23,24)(H,25,26). The molecule has 0 saturated heterocycles. The molecule has 3 aromatic rings. The third kappa shape index (κ3) is 4.38. The molecule has 0 aliphatic carbocycles. The van der Waals surface area contributed by atoms with E-state index in [-0.39, 0.29) is 11.4 Å². The molecule has 2 aromatic carbocycles. The third-order valence-corrected chi connectivity index (χ3v) is 3.53. The molecule has 0 aliphatic rings. The number of nitrogens with zero attached hydrogens (tertiary/aromatic N) is 1. The summed E-state index contributed by atoms with van der Waals surface area (Å²) in [5, 5.41) is 5.67. The van der Waals surface area contributed by atoms with Crippen LogP contribution < -0.4 is 10.6 Å². The number of hydrogen-bond acceptors (Lipinski definition) is 3. The average Bonchev–Trinajstić information content (AvgIpc) is 2.62. The number of para-hydroxylation sites is 1. The van der Waals surface area contributed by atoms with Crippen LogP contribution in [0.25, 0.3) is 0 Å². The topological polar surface area (TPSA) is 54.0 Å². The first-order valence-corrected chi connectivity index (χ1v) is 7.68. The molecule has 3 rings (SSSR count). The Hall–Kier alpha value is -3.35. The molecular weight excluding hydrogens is 343 g/mol. The lowest BCUT2D eigenvalue weighted by Crippen LogP contribution is -2.14. The van der Waals surface area contributed by atoms with Crippen molar-refractivity contribution in [1.82, 2.24) is 4.98 Å². The van der Waals surface area contributed by atoms with Crippen LogP contribution in [-0.2, 0) is 6.18 Å². The molecule has 1 amide bonds. The summed E-state index contributed by atoms with van der Waals surface area (Å²) in [6.45, 7) is 0. The fraction of sp³-hybridized carbons (Fsp3) is 0.0526. The molecule has 1 heterocycles. The average molecular weight is 357 g/mol. The van der Waals surface area contributed by atoms with Crippen LogP contribution >= 0.6 is 0 Å². The van der Waals surface area contributed by atoms with Crippen LogP contribution in [0.2, 0.25) is 0 Å². The lowest BCUT2D eigenvalue weighted by atomic mass is 10.2. The number of carbonyl (C=O) groups is 1. The summed E-state index contributed by atoms with van der Waals surface area (Å²) in [6.07, 6.45) is -2.94. The molecule has 0 bridgehead atoms. The number of halogens is 3. The van der Waals surface area contributed by atoms with Gasteiger partial charge in [0.25, 0.3) is 5.91 Å². The van der Waals surface area contributed by atoms with Gasteiger partial charge in [-0.15, -0.1) is 0 Å². The van der Waals surface area contributed by atoms with Crippen LogP contribution in [0.15, 0.2) is 72.9 Å². The molecule has 0 saturated carbocycles. The van der Waals surface area contributed by atoms with E-state index in [9.17, 15) is 18.0 Å². The molecule has 0 spiro atoms. The van der Waals surface area contributed by atoms with Gasteiger partial charge in [-0.3, -0.25) is 9.78 Å². The van der Waals surface area contributed by atoms with E-state index in [1.165, 1.54) is 18.3 Å². The maximum Gasteiger partial charge on any atom is 0.416 e. The Morgan fingerprint density at radius 3 is 2.19 bits per heavy atom. The minimum atomic E-state index is -4.42. The van der Waals surface area contributed by atoms with Gasteiger partial charge in [-0.25, -0.2) is 0 Å². The van der Waals surface area contributed by atoms with E-state index in [2.05, 4.69) is 15.6 Å². The second-order valence-electron chi connectivity index (χ2n) is 5.45. The zero-order valence-electron chi connectivity index (χ0n) is 13.4. The van der Waals surface area contributed by atoms with Crippen LogP contribution in [0.4, 0.5) is 30.2 Å². The second kappa shape index (κ2) is 7.26. The van der Waals surface area contributed by atoms with Gasteiger partial charge >= 0.3 is 6.18 Å². The molecule has 0 atom stereocenters. The second-order valence-corrected chi connectivity index (χ2v) is 5.45. The van der Waals surface area contributed by atoms with E-state index < -0.39 is 17.6 Å². The SMILES string of the molecule is O=C(Nc1ccc(C(F)(F)F)cc1)c1cc(Nc2ccccc2)ccn1. The summed E-state index contributed by atoms with van der Waals surface area (Å²) in [7, 11) is 0. The lowest BCUT2D eigenvalue weighted by Gasteiger charge is -2.10. The number of rotatable bonds is 4. The quantitative estimate of drug-likeness (QED) is 0.683. The largest absolute Gasteiger partial charge is 0.416 e. The first kappa shape index (κ1) is 17.5. The maximum atomic E-state index is 12.6. The highest BCUT2D eigenvalue weighted by Gasteiger charge is 2.30. The number of carbonyl (C=O) groups excluding carboxylic acids is 1. The van der Waals surface area contributed by atoms with Crippen LogP contribution in [0.3, 0.4) is 0 Å². The van der Waals surface area contributed by atoms with Crippen molar-refractivity contribution in [3.05, 3.63) is 84.2 Å². The zero-order chi connectivity index (χ0) is 18.6. The number of pyridine rings is 1. The Labute approximate surface area is 147 Å². The molecule has 1 aromatic heterocycles. The Bertz CT molecular complexity index is 894. The highest BCUT2D eigenvalue weighted by Crippen LogP contribution is 2.29. The summed E-state index contributed by atoms with van der Waals surface area (Å²) in [5.74, 6) is -0.513. The van der Waals surface area contributed by atoms with E-state index in [0.717, 1.165) is 17.8 Å². The van der Waals surface area contributed by atoms with Gasteiger partial charge in [0.15, 0.2) is 0 Å². The van der Waals surface area contributed by atoms with Gasteiger partial charge in [0, 0.05) is 23.3 Å². The van der Waals surface area contributed by atoms with E-state index in [1.807, 2.05) is 30.3 Å². The van der Waals surface area contributed by atoms with E-state index >= 15 is 0 Å². The molecule has 0 fully saturated rings. The van der Waals surface area contributed by atoms with Crippen molar-refractivity contribution < 1.29 is 18.0 Å². The minimum absolute atomic E-state index is 0.144. The van der Waals surface area contributed by atoms with Gasteiger partial charge < -0.3 is 10.6 Å². The molecule has 0 radical (unpaired) electrons. The number of alkyl halides is 3. The van der Waals surface area contributed by atoms with Gasteiger partial charge in [0.2, 0.25) is 0 Å². The molecule has 132 valence electrons. The molecule has 7 heteroatoms. The monoisotopic (exact) mass is 357 g/mol. The summed E-state index contributed by atoms with van der Waals surface area (Å²) >= 11 is 0. The predicted octanol–water partition coefficient (Wildman–Crippen LogP) is 5.10. The van der Waals surface area contributed by atoms with Crippen molar-refractivity contribution in [3.8, 4) is 0 Å². The van der Waals surface area contributed by atoms with Gasteiger partial charge in [0.05, 0.1) is 5.56 Å². The van der Waals surface area contributed by atoms with E-state index in [1.54, 1.807) is 12.1 Å². The van der Waals surface area contributed by atoms with E-state index in [0.29, 0.717) is 5.69 Å². The summed E-state index contributed by atoms with van der Waals surface area (Å²) in [4.78, 5) is 16.3. The molecule has 0 aliphatic heterocycles. The van der Waals surface area contributed by atoms with E-state index in [4.69, 9.17) is 0 Å². The number of hydrogen-bond donors (Lipinski definition) is 2. The molecular formula is C19H14F3N3O. The number of benzene rings is 2. The number of anilines is 3. The summed E-state index contributed by atoms with van der Waals surface area (Å²) in [5.41, 5.74) is 1.15. The fourth-order valence-corrected chi connectivity index (χ4v) is 2.26. The first-order valence-electron chi connectivity index (χ1n) is 7.68. The Balaban J connectivity index is 1.71. The van der Waals surface area contributed by atoms with Gasteiger partial charge in [-0.2, -0.15) is 13.2 Å². The Kier molecular flexibility index (Phi) is 4.88. The smallest absolute Gasteiger partial charge is 0.355 e. The first-order chi connectivity index (χ1) is 12.4. The molecule has 2 N–H and O–H groups in total. The minimum Gasteiger partial charge on any atom is -0.355 e. The van der Waals surface area contributed by atoms with Crippen molar-refractivity contribution >= 4 is 23.0 Å². The lowest BCUT2D eigenvalue weighted by molar-refractivity contribution is -0.137. The number of nitrogens with one attached hydrogen (secondary N) is 2. The number of aromatic nitrogens is 1. The molecule has 4 nitrogen and oxygen atoms in total. The zero-order valence-corrected chi connectivity index (χ0v) is 13.4. The summed E-state index contributed by atoms with van der Waals surface area (Å²) < 4.78 is 37.7. The van der Waals surface area contributed by atoms with Crippen molar-refractivity contribution in [3.63, 3.8) is 0 Å². The third-order valence-electron chi connectivity index (χ3n) is 3.53. The predicted molar refractivity (Wildman–Crippen MR) is 93.4 cm³/mol.